The summed E-state index contributed by atoms with van der Waals surface area (Å²) >= 11 is 0. The summed E-state index contributed by atoms with van der Waals surface area (Å²) in [4.78, 5) is 2.52. The maximum Gasteiger partial charge on any atom is 0.123 e. The van der Waals surface area contributed by atoms with E-state index < -0.39 is 0 Å². The number of phenolic OH excluding ortho intramolecular Hbond substituents is 1. The van der Waals surface area contributed by atoms with Crippen molar-refractivity contribution in [2.24, 2.45) is 0 Å². The number of hydrogen-bond donors (Lipinski definition) is 1. The molecule has 0 radical (unpaired) electrons. The maximum absolute atomic E-state index is 10.3. The molecule has 0 saturated carbocycles. The second-order valence-corrected chi connectivity index (χ2v) is 8.67. The number of benzene rings is 3. The van der Waals surface area contributed by atoms with E-state index in [1.807, 2.05) is 36.4 Å². The molecule has 3 aromatic rings. The van der Waals surface area contributed by atoms with Crippen molar-refractivity contribution in [1.29, 1.82) is 0 Å². The molecule has 3 nitrogen and oxygen atoms in total. The van der Waals surface area contributed by atoms with Gasteiger partial charge in [0.25, 0.3) is 0 Å². The average Bonchev–Trinajstić information content (AvgIpc) is 2.76. The van der Waals surface area contributed by atoms with Crippen molar-refractivity contribution >= 4 is 0 Å². The molecule has 0 heterocycles. The molecule has 0 saturated heterocycles. The van der Waals surface area contributed by atoms with E-state index in [1.165, 1.54) is 5.56 Å². The van der Waals surface area contributed by atoms with Gasteiger partial charge in [-0.05, 0) is 70.0 Å². The van der Waals surface area contributed by atoms with Crippen LogP contribution in [0.5, 0.6) is 11.5 Å². The Hall–Kier alpha value is -2.78. The van der Waals surface area contributed by atoms with Gasteiger partial charge in [0.1, 0.15) is 18.1 Å². The van der Waals surface area contributed by atoms with Crippen LogP contribution in [0, 0.1) is 0 Å². The van der Waals surface area contributed by atoms with Gasteiger partial charge < -0.3 is 9.84 Å². The third-order valence-corrected chi connectivity index (χ3v) is 5.81. The molecule has 0 aliphatic rings. The Balaban J connectivity index is 1.91. The first-order valence-corrected chi connectivity index (χ1v) is 11.3. The topological polar surface area (TPSA) is 32.7 Å². The smallest absolute Gasteiger partial charge is 0.123 e. The van der Waals surface area contributed by atoms with Gasteiger partial charge in [0.05, 0.1) is 0 Å². The van der Waals surface area contributed by atoms with Crippen LogP contribution in [0.3, 0.4) is 0 Å². The predicted octanol–water partition coefficient (Wildman–Crippen LogP) is 6.61. The molecule has 0 aliphatic carbocycles. The lowest BCUT2D eigenvalue weighted by Crippen LogP contribution is -2.38. The largest absolute Gasteiger partial charge is 0.508 e. The van der Waals surface area contributed by atoms with Gasteiger partial charge in [-0.3, -0.25) is 4.90 Å². The Morgan fingerprint density at radius 1 is 0.806 bits per heavy atom. The lowest BCUT2D eigenvalue weighted by atomic mass is 9.87. The second kappa shape index (κ2) is 11.0. The maximum atomic E-state index is 10.3. The van der Waals surface area contributed by atoms with Crippen LogP contribution < -0.4 is 4.74 Å². The first kappa shape index (κ1) is 22.9. The quantitative estimate of drug-likeness (QED) is 0.403. The Morgan fingerprint density at radius 3 is 2.03 bits per heavy atom. The summed E-state index contributed by atoms with van der Waals surface area (Å²) in [7, 11) is 0. The standard InChI is InChI=1S/C28H35NO2/c1-21(2)29(22(3)4)18-17-26(24-13-9-6-10-14-24)27-19-25(30)15-16-28(27)31-20-23-11-7-5-8-12-23/h5-16,19,21-22,26,30H,17-18,20H2,1-4H3/t26-/m1/s1. The van der Waals surface area contributed by atoms with Crippen LogP contribution in [0.4, 0.5) is 0 Å². The van der Waals surface area contributed by atoms with Crippen LogP contribution in [-0.4, -0.2) is 28.6 Å². The first-order chi connectivity index (χ1) is 15.0. The van der Waals surface area contributed by atoms with E-state index in [0.717, 1.165) is 29.8 Å². The highest BCUT2D eigenvalue weighted by Crippen LogP contribution is 2.37. The molecule has 0 aliphatic heterocycles. The molecule has 0 aromatic heterocycles. The molecule has 164 valence electrons. The van der Waals surface area contributed by atoms with Gasteiger partial charge in [-0.1, -0.05) is 60.7 Å². The fourth-order valence-electron chi connectivity index (χ4n) is 4.25. The Morgan fingerprint density at radius 2 is 1.42 bits per heavy atom. The van der Waals surface area contributed by atoms with Crippen molar-refractivity contribution in [3.05, 3.63) is 95.6 Å². The number of rotatable bonds is 10. The van der Waals surface area contributed by atoms with Crippen molar-refractivity contribution in [2.75, 3.05) is 6.54 Å². The fraction of sp³-hybridized carbons (Fsp3) is 0.357. The minimum absolute atomic E-state index is 0.138. The average molecular weight is 418 g/mol. The van der Waals surface area contributed by atoms with Crippen molar-refractivity contribution < 1.29 is 9.84 Å². The van der Waals surface area contributed by atoms with Crippen LogP contribution in [0.1, 0.15) is 56.7 Å². The predicted molar refractivity (Wildman–Crippen MR) is 129 cm³/mol. The molecule has 0 spiro atoms. The van der Waals surface area contributed by atoms with Crippen LogP contribution in [-0.2, 0) is 6.61 Å². The lowest BCUT2D eigenvalue weighted by Gasteiger charge is -2.32. The van der Waals surface area contributed by atoms with E-state index in [-0.39, 0.29) is 11.7 Å². The van der Waals surface area contributed by atoms with Crippen molar-refractivity contribution in [1.82, 2.24) is 4.90 Å². The number of phenols is 1. The van der Waals surface area contributed by atoms with Crippen molar-refractivity contribution in [2.45, 2.75) is 58.7 Å². The first-order valence-electron chi connectivity index (χ1n) is 11.3. The SMILES string of the molecule is CC(C)N(CC[C@H](c1ccccc1)c1cc(O)ccc1OCc1ccccc1)C(C)C. The van der Waals surface area contributed by atoms with Crippen LogP contribution in [0.2, 0.25) is 0 Å². The molecule has 0 bridgehead atoms. The van der Waals surface area contributed by atoms with Crippen LogP contribution >= 0.6 is 0 Å². The van der Waals surface area contributed by atoms with Gasteiger partial charge in [-0.25, -0.2) is 0 Å². The molecule has 31 heavy (non-hydrogen) atoms. The third-order valence-electron chi connectivity index (χ3n) is 5.81. The summed E-state index contributed by atoms with van der Waals surface area (Å²) in [6.07, 6.45) is 0.950. The van der Waals surface area contributed by atoms with Gasteiger partial charge >= 0.3 is 0 Å². The molecule has 3 heteroatoms. The molecular formula is C28H35NO2. The van der Waals surface area contributed by atoms with Gasteiger partial charge in [-0.15, -0.1) is 0 Å². The lowest BCUT2D eigenvalue weighted by molar-refractivity contribution is 0.170. The van der Waals surface area contributed by atoms with E-state index in [9.17, 15) is 5.11 Å². The number of nitrogens with zero attached hydrogens (tertiary/aromatic N) is 1. The Kier molecular flexibility index (Phi) is 8.13. The fourth-order valence-corrected chi connectivity index (χ4v) is 4.25. The van der Waals surface area contributed by atoms with Crippen LogP contribution in [0.15, 0.2) is 78.9 Å². The van der Waals surface area contributed by atoms with E-state index in [4.69, 9.17) is 4.74 Å². The number of ether oxygens (including phenoxy) is 1. The summed E-state index contributed by atoms with van der Waals surface area (Å²) in [5.41, 5.74) is 3.41. The summed E-state index contributed by atoms with van der Waals surface area (Å²) in [6.45, 7) is 10.5. The summed E-state index contributed by atoms with van der Waals surface area (Å²) in [5.74, 6) is 1.24. The highest BCUT2D eigenvalue weighted by Gasteiger charge is 2.22. The molecule has 1 N–H and O–H groups in total. The molecule has 3 aromatic carbocycles. The third kappa shape index (κ3) is 6.35. The van der Waals surface area contributed by atoms with E-state index in [2.05, 4.69) is 69.0 Å². The molecule has 0 amide bonds. The molecule has 0 fully saturated rings. The van der Waals surface area contributed by atoms with Gasteiger partial charge in [0, 0.05) is 23.6 Å². The Labute approximate surface area is 187 Å². The van der Waals surface area contributed by atoms with Crippen molar-refractivity contribution in [3.63, 3.8) is 0 Å². The molecule has 3 rings (SSSR count). The minimum atomic E-state index is 0.138. The highest BCUT2D eigenvalue weighted by atomic mass is 16.5. The zero-order chi connectivity index (χ0) is 22.2. The summed E-state index contributed by atoms with van der Waals surface area (Å²) in [5, 5.41) is 10.3. The van der Waals surface area contributed by atoms with Crippen LogP contribution in [0.25, 0.3) is 0 Å². The van der Waals surface area contributed by atoms with E-state index in [0.29, 0.717) is 18.7 Å². The second-order valence-electron chi connectivity index (χ2n) is 8.67. The summed E-state index contributed by atoms with van der Waals surface area (Å²) in [6, 6.07) is 27.2. The van der Waals surface area contributed by atoms with E-state index in [1.54, 1.807) is 6.07 Å². The molecular weight excluding hydrogens is 382 g/mol. The minimum Gasteiger partial charge on any atom is -0.508 e. The Bertz CT molecular complexity index is 914. The van der Waals surface area contributed by atoms with Gasteiger partial charge in [0.15, 0.2) is 0 Å². The zero-order valence-electron chi connectivity index (χ0n) is 19.2. The number of hydrogen-bond acceptors (Lipinski definition) is 3. The highest BCUT2D eigenvalue weighted by molar-refractivity contribution is 5.46. The molecule has 0 unspecified atom stereocenters. The van der Waals surface area contributed by atoms with Gasteiger partial charge in [0.2, 0.25) is 0 Å². The van der Waals surface area contributed by atoms with Crippen molar-refractivity contribution in [3.8, 4) is 11.5 Å². The molecule has 1 atom stereocenters. The monoisotopic (exact) mass is 417 g/mol. The normalized spacial score (nSPS) is 12.5. The zero-order valence-corrected chi connectivity index (χ0v) is 19.2. The number of aromatic hydroxyl groups is 1. The van der Waals surface area contributed by atoms with Gasteiger partial charge in [-0.2, -0.15) is 0 Å². The summed E-state index contributed by atoms with van der Waals surface area (Å²) < 4.78 is 6.26. The van der Waals surface area contributed by atoms with E-state index >= 15 is 0 Å².